The highest BCUT2D eigenvalue weighted by molar-refractivity contribution is 5.90. The number of fused-ring (bicyclic) bond motifs is 1. The van der Waals surface area contributed by atoms with E-state index in [1.165, 1.54) is 28.3 Å². The molecule has 1 aromatic carbocycles. The molecule has 0 spiro atoms. The van der Waals surface area contributed by atoms with Crippen LogP contribution in [-0.4, -0.2) is 36.2 Å². The zero-order valence-electron chi connectivity index (χ0n) is 19.4. The van der Waals surface area contributed by atoms with Crippen LogP contribution in [-0.2, 0) is 6.54 Å². The number of ether oxygens (including phenoxy) is 1. The average Bonchev–Trinajstić information content (AvgIpc) is 3.16. The lowest BCUT2D eigenvalue weighted by molar-refractivity contribution is 0.366. The molecule has 0 fully saturated rings. The fourth-order valence-corrected chi connectivity index (χ4v) is 4.10. The monoisotopic (exact) mass is 471 g/mol. The van der Waals surface area contributed by atoms with Crippen molar-refractivity contribution in [3.8, 4) is 28.3 Å². The zero-order valence-corrected chi connectivity index (χ0v) is 19.4. The Morgan fingerprint density at radius 1 is 0.971 bits per heavy atom. The summed E-state index contributed by atoms with van der Waals surface area (Å²) in [5.41, 5.74) is 11.1. The lowest BCUT2D eigenvalue weighted by Gasteiger charge is -2.13. The number of nitrogens with two attached hydrogens (primary N) is 1. The molecule has 0 unspecified atom stereocenters. The van der Waals surface area contributed by atoms with Gasteiger partial charge in [-0.05, 0) is 43.7 Å². The second-order valence-electron chi connectivity index (χ2n) is 8.09. The van der Waals surface area contributed by atoms with Crippen LogP contribution in [0.25, 0.3) is 28.0 Å². The average molecular weight is 471 g/mol. The molecule has 0 radical (unpaired) electrons. The van der Waals surface area contributed by atoms with Crippen LogP contribution >= 0.6 is 0 Å². The van der Waals surface area contributed by atoms with Crippen molar-refractivity contribution in [1.82, 2.24) is 29.1 Å². The molecule has 5 aromatic rings. The Labute approximate surface area is 199 Å². The van der Waals surface area contributed by atoms with Gasteiger partial charge in [0.1, 0.15) is 0 Å². The SMILES string of the molecule is COc1nc(Cn2nc3c(-c4cc(C)nc(C)c4)c(-c4ccccc4)nc(N)n3c2=O)ccc1F. The number of halogens is 1. The lowest BCUT2D eigenvalue weighted by Crippen LogP contribution is -2.24. The van der Waals surface area contributed by atoms with Gasteiger partial charge in [0.25, 0.3) is 0 Å². The summed E-state index contributed by atoms with van der Waals surface area (Å²) in [4.78, 5) is 26.5. The quantitative estimate of drug-likeness (QED) is 0.418. The largest absolute Gasteiger partial charge is 0.479 e. The molecule has 176 valence electrons. The lowest BCUT2D eigenvalue weighted by atomic mass is 9.99. The molecule has 0 aliphatic rings. The van der Waals surface area contributed by atoms with Gasteiger partial charge < -0.3 is 10.5 Å². The minimum absolute atomic E-state index is 0.00555. The number of hydrogen-bond acceptors (Lipinski definition) is 7. The van der Waals surface area contributed by atoms with Crippen molar-refractivity contribution in [1.29, 1.82) is 0 Å². The van der Waals surface area contributed by atoms with Gasteiger partial charge in [-0.3, -0.25) is 4.98 Å². The van der Waals surface area contributed by atoms with Crippen LogP contribution in [0.15, 0.2) is 59.4 Å². The summed E-state index contributed by atoms with van der Waals surface area (Å²) in [6.07, 6.45) is 0. The van der Waals surface area contributed by atoms with E-state index in [-0.39, 0.29) is 18.4 Å². The Bertz CT molecular complexity index is 1610. The Balaban J connectivity index is 1.78. The second kappa shape index (κ2) is 8.64. The molecule has 2 N–H and O–H groups in total. The number of hydrogen-bond donors (Lipinski definition) is 1. The number of aromatic nitrogens is 6. The number of nitrogen functional groups attached to an aromatic ring is 1. The fraction of sp³-hybridized carbons (Fsp3) is 0.160. The number of rotatable bonds is 5. The molecule has 0 saturated heterocycles. The maximum Gasteiger partial charge on any atom is 0.353 e. The van der Waals surface area contributed by atoms with Crippen molar-refractivity contribution in [2.24, 2.45) is 0 Å². The van der Waals surface area contributed by atoms with E-state index in [0.29, 0.717) is 22.6 Å². The van der Waals surface area contributed by atoms with E-state index < -0.39 is 11.5 Å². The highest BCUT2D eigenvalue weighted by atomic mass is 19.1. The van der Waals surface area contributed by atoms with E-state index >= 15 is 0 Å². The number of aryl methyl sites for hydroxylation is 2. The zero-order chi connectivity index (χ0) is 24.7. The van der Waals surface area contributed by atoms with Gasteiger partial charge in [0.05, 0.1) is 30.6 Å². The first-order valence-electron chi connectivity index (χ1n) is 10.8. The summed E-state index contributed by atoms with van der Waals surface area (Å²) in [6.45, 7) is 3.79. The third-order valence-corrected chi connectivity index (χ3v) is 5.55. The Morgan fingerprint density at radius 3 is 2.37 bits per heavy atom. The van der Waals surface area contributed by atoms with Crippen LogP contribution in [0.4, 0.5) is 10.3 Å². The maximum absolute atomic E-state index is 13.8. The van der Waals surface area contributed by atoms with Crippen molar-refractivity contribution in [2.75, 3.05) is 12.8 Å². The molecule has 10 heteroatoms. The van der Waals surface area contributed by atoms with E-state index in [9.17, 15) is 9.18 Å². The van der Waals surface area contributed by atoms with Crippen LogP contribution in [0.1, 0.15) is 17.1 Å². The van der Waals surface area contributed by atoms with Gasteiger partial charge in [0.2, 0.25) is 11.8 Å². The van der Waals surface area contributed by atoms with Crippen LogP contribution in [0, 0.1) is 19.7 Å². The summed E-state index contributed by atoms with van der Waals surface area (Å²) in [6, 6.07) is 16.1. The third kappa shape index (κ3) is 3.99. The van der Waals surface area contributed by atoms with Gasteiger partial charge >= 0.3 is 5.69 Å². The molecular formula is C25H22FN7O2. The molecule has 0 atom stereocenters. The molecule has 0 bridgehead atoms. The van der Waals surface area contributed by atoms with Crippen LogP contribution in [0.3, 0.4) is 0 Å². The predicted octanol–water partition coefficient (Wildman–Crippen LogP) is 3.41. The first-order chi connectivity index (χ1) is 16.9. The van der Waals surface area contributed by atoms with Gasteiger partial charge in [-0.1, -0.05) is 30.3 Å². The Kier molecular flexibility index (Phi) is 5.48. The van der Waals surface area contributed by atoms with E-state index in [4.69, 9.17) is 10.5 Å². The normalized spacial score (nSPS) is 11.2. The summed E-state index contributed by atoms with van der Waals surface area (Å²) in [7, 11) is 1.33. The van der Waals surface area contributed by atoms with Crippen LogP contribution in [0.5, 0.6) is 5.88 Å². The standard InChI is InChI=1S/C25H22FN7O2/c1-14-11-17(12-15(2)28-14)20-21(16-7-5-4-6-8-16)30-24(27)33-22(20)31-32(25(33)34)13-18-9-10-19(26)23(29-18)35-3/h4-12H,13H2,1-3H3,(H2,27,30). The number of anilines is 1. The number of nitrogens with zero attached hydrogens (tertiary/aromatic N) is 6. The Hall–Kier alpha value is -4.60. The van der Waals surface area contributed by atoms with Gasteiger partial charge in [0.15, 0.2) is 11.5 Å². The molecule has 5 rings (SSSR count). The number of pyridine rings is 2. The van der Waals surface area contributed by atoms with Crippen LogP contribution in [0.2, 0.25) is 0 Å². The molecule has 0 aliphatic heterocycles. The van der Waals surface area contributed by atoms with E-state index in [1.807, 2.05) is 56.3 Å². The highest BCUT2D eigenvalue weighted by Crippen LogP contribution is 2.34. The smallest absolute Gasteiger partial charge is 0.353 e. The molecule has 4 aromatic heterocycles. The van der Waals surface area contributed by atoms with E-state index in [1.54, 1.807) is 0 Å². The van der Waals surface area contributed by atoms with Crippen molar-refractivity contribution < 1.29 is 9.13 Å². The highest BCUT2D eigenvalue weighted by Gasteiger charge is 2.22. The number of benzene rings is 1. The maximum atomic E-state index is 13.8. The van der Waals surface area contributed by atoms with Crippen LogP contribution < -0.4 is 16.2 Å². The third-order valence-electron chi connectivity index (χ3n) is 5.55. The minimum atomic E-state index is -0.592. The minimum Gasteiger partial charge on any atom is -0.479 e. The topological polar surface area (TPSA) is 113 Å². The second-order valence-corrected chi connectivity index (χ2v) is 8.09. The fourth-order valence-electron chi connectivity index (χ4n) is 4.10. The summed E-state index contributed by atoms with van der Waals surface area (Å²) >= 11 is 0. The van der Waals surface area contributed by atoms with Crippen molar-refractivity contribution in [3.63, 3.8) is 0 Å². The first-order valence-corrected chi connectivity index (χ1v) is 10.8. The molecular weight excluding hydrogens is 449 g/mol. The van der Waals surface area contributed by atoms with E-state index in [2.05, 4.69) is 20.1 Å². The van der Waals surface area contributed by atoms with Gasteiger partial charge in [-0.2, -0.15) is 0 Å². The summed E-state index contributed by atoms with van der Waals surface area (Å²) in [5.74, 6) is -0.744. The Morgan fingerprint density at radius 2 is 1.69 bits per heavy atom. The van der Waals surface area contributed by atoms with Gasteiger partial charge in [-0.25, -0.2) is 28.2 Å². The molecule has 0 saturated carbocycles. The predicted molar refractivity (Wildman–Crippen MR) is 130 cm³/mol. The van der Waals surface area contributed by atoms with Crippen molar-refractivity contribution in [2.45, 2.75) is 20.4 Å². The van der Waals surface area contributed by atoms with Gasteiger partial charge in [-0.15, -0.1) is 5.10 Å². The van der Waals surface area contributed by atoms with Gasteiger partial charge in [0, 0.05) is 17.0 Å². The van der Waals surface area contributed by atoms with Crippen molar-refractivity contribution in [3.05, 3.63) is 88.0 Å². The molecule has 0 aliphatic carbocycles. The molecule has 35 heavy (non-hydrogen) atoms. The molecule has 4 heterocycles. The molecule has 0 amide bonds. The summed E-state index contributed by atoms with van der Waals surface area (Å²) in [5, 5.41) is 4.62. The van der Waals surface area contributed by atoms with E-state index in [0.717, 1.165) is 22.5 Å². The number of methoxy groups -OCH3 is 1. The first kappa shape index (κ1) is 22.2. The molecule has 9 nitrogen and oxygen atoms in total. The summed E-state index contributed by atoms with van der Waals surface area (Å²) < 4.78 is 21.3. The van der Waals surface area contributed by atoms with Crippen molar-refractivity contribution >= 4 is 11.6 Å².